The van der Waals surface area contributed by atoms with Crippen LogP contribution in [0.15, 0.2) is 23.1 Å². The molecule has 0 saturated heterocycles. The normalized spacial score (nSPS) is 15.8. The fourth-order valence-corrected chi connectivity index (χ4v) is 2.26. The number of rotatable bonds is 0. The van der Waals surface area contributed by atoms with E-state index in [-0.39, 0.29) is 17.3 Å². The van der Waals surface area contributed by atoms with E-state index in [1.165, 1.54) is 0 Å². The lowest BCUT2D eigenvalue weighted by molar-refractivity contribution is -0.131. The number of carbonyl (C=O) groups excluding carboxylic acids is 2. The zero-order valence-electron chi connectivity index (χ0n) is 7.16. The number of hydrogen-bond acceptors (Lipinski definition) is 3. The summed E-state index contributed by atoms with van der Waals surface area (Å²) in [5, 5.41) is -0.332. The maximum Gasteiger partial charge on any atom is 0.260 e. The minimum Gasteiger partial charge on any atom is -0.289 e. The van der Waals surface area contributed by atoms with Crippen molar-refractivity contribution in [3.8, 4) is 0 Å². The zero-order valence-corrected chi connectivity index (χ0v) is 7.98. The second-order valence-electron chi connectivity index (χ2n) is 3.05. The van der Waals surface area contributed by atoms with E-state index in [9.17, 15) is 9.59 Å². The van der Waals surface area contributed by atoms with Gasteiger partial charge in [0.25, 0.3) is 5.12 Å². The largest absolute Gasteiger partial charge is 0.289 e. The smallest absolute Gasteiger partial charge is 0.260 e. The number of fused-ring (bicyclic) bond motifs is 1. The molecule has 0 atom stereocenters. The minimum absolute atomic E-state index is 0.267. The molecule has 66 valence electrons. The molecule has 0 amide bonds. The zero-order chi connectivity index (χ0) is 9.42. The number of hydrogen-bond donors (Lipinski definition) is 0. The summed E-state index contributed by atoms with van der Waals surface area (Å²) in [6.45, 7) is 1.95. The molecule has 0 bridgehead atoms. The Kier molecular flexibility index (Phi) is 1.96. The molecular weight excluding hydrogens is 184 g/mol. The quantitative estimate of drug-likeness (QED) is 0.587. The van der Waals surface area contributed by atoms with Gasteiger partial charge in [-0.1, -0.05) is 18.2 Å². The number of aryl methyl sites for hydroxylation is 1. The first-order chi connectivity index (χ1) is 6.18. The van der Waals surface area contributed by atoms with Gasteiger partial charge in [-0.25, -0.2) is 0 Å². The third-order valence-electron chi connectivity index (χ3n) is 2.07. The average Bonchev–Trinajstić information content (AvgIpc) is 2.09. The molecule has 13 heavy (non-hydrogen) atoms. The molecule has 3 heteroatoms. The van der Waals surface area contributed by atoms with E-state index in [4.69, 9.17) is 0 Å². The molecule has 0 fully saturated rings. The van der Waals surface area contributed by atoms with Gasteiger partial charge in [0.05, 0.1) is 0 Å². The molecule has 1 aromatic carbocycles. The van der Waals surface area contributed by atoms with Gasteiger partial charge in [-0.3, -0.25) is 9.59 Å². The molecule has 0 aliphatic carbocycles. The minimum atomic E-state index is -0.332. The van der Waals surface area contributed by atoms with Crippen molar-refractivity contribution in [2.24, 2.45) is 0 Å². The predicted octanol–water partition coefficient (Wildman–Crippen LogP) is 1.74. The van der Waals surface area contributed by atoms with Crippen LogP contribution in [0.1, 0.15) is 11.1 Å². The average molecular weight is 192 g/mol. The first kappa shape index (κ1) is 8.51. The summed E-state index contributed by atoms with van der Waals surface area (Å²) in [6.07, 6.45) is 0.267. The Morgan fingerprint density at radius 3 is 2.85 bits per heavy atom. The lowest BCUT2D eigenvalue weighted by Crippen LogP contribution is -2.18. The molecule has 0 spiro atoms. The summed E-state index contributed by atoms with van der Waals surface area (Å²) in [5.74, 6) is -0.289. The molecule has 2 nitrogen and oxygen atoms in total. The van der Waals surface area contributed by atoms with E-state index in [0.29, 0.717) is 0 Å². The predicted molar refractivity (Wildman–Crippen MR) is 50.8 cm³/mol. The molecule has 0 unspecified atom stereocenters. The van der Waals surface area contributed by atoms with Crippen molar-refractivity contribution in [2.75, 3.05) is 0 Å². The van der Waals surface area contributed by atoms with Gasteiger partial charge in [0.15, 0.2) is 0 Å². The van der Waals surface area contributed by atoms with Crippen molar-refractivity contribution < 1.29 is 9.59 Å². The topological polar surface area (TPSA) is 34.1 Å². The molecule has 1 aliphatic rings. The van der Waals surface area contributed by atoms with E-state index in [1.807, 2.05) is 25.1 Å². The Hall–Kier alpha value is -1.09. The van der Waals surface area contributed by atoms with Crippen LogP contribution in [-0.2, 0) is 16.0 Å². The van der Waals surface area contributed by atoms with Crippen molar-refractivity contribution in [1.82, 2.24) is 0 Å². The van der Waals surface area contributed by atoms with Crippen molar-refractivity contribution in [3.63, 3.8) is 0 Å². The Labute approximate surface area is 80.3 Å². The molecule has 0 N–H and O–H groups in total. The summed E-state index contributed by atoms with van der Waals surface area (Å²) < 4.78 is 0. The molecule has 0 aromatic heterocycles. The van der Waals surface area contributed by atoms with E-state index in [1.54, 1.807) is 0 Å². The first-order valence-corrected chi connectivity index (χ1v) is 4.83. The van der Waals surface area contributed by atoms with E-state index < -0.39 is 0 Å². The van der Waals surface area contributed by atoms with Crippen LogP contribution < -0.4 is 0 Å². The molecular formula is C10H8O2S. The Bertz CT molecular complexity index is 396. The molecule has 0 saturated carbocycles. The van der Waals surface area contributed by atoms with E-state index in [0.717, 1.165) is 27.8 Å². The van der Waals surface area contributed by atoms with Crippen LogP contribution in [0.2, 0.25) is 0 Å². The summed E-state index contributed by atoms with van der Waals surface area (Å²) in [5.41, 5.74) is 2.05. The van der Waals surface area contributed by atoms with E-state index in [2.05, 4.69) is 0 Å². The number of benzene rings is 1. The number of ketones is 1. The maximum atomic E-state index is 11.1. The van der Waals surface area contributed by atoms with Gasteiger partial charge < -0.3 is 0 Å². The molecule has 1 aromatic rings. The van der Waals surface area contributed by atoms with Crippen molar-refractivity contribution in [3.05, 3.63) is 29.3 Å². The van der Waals surface area contributed by atoms with Gasteiger partial charge in [0, 0.05) is 11.3 Å². The maximum absolute atomic E-state index is 11.1. The summed E-state index contributed by atoms with van der Waals surface area (Å²) in [4.78, 5) is 23.2. The summed E-state index contributed by atoms with van der Waals surface area (Å²) in [7, 11) is 0. The Morgan fingerprint density at radius 2 is 2.08 bits per heavy atom. The highest BCUT2D eigenvalue weighted by atomic mass is 32.2. The highest BCUT2D eigenvalue weighted by Gasteiger charge is 2.25. The second-order valence-corrected chi connectivity index (χ2v) is 4.04. The Balaban J connectivity index is 2.54. The SMILES string of the molecule is Cc1cccc2c1SC(=O)C(=O)C2. The highest BCUT2D eigenvalue weighted by molar-refractivity contribution is 8.15. The van der Waals surface area contributed by atoms with Crippen LogP contribution in [0, 0.1) is 6.92 Å². The van der Waals surface area contributed by atoms with Gasteiger partial charge in [0.2, 0.25) is 5.78 Å². The van der Waals surface area contributed by atoms with Crippen molar-refractivity contribution in [1.29, 1.82) is 0 Å². The van der Waals surface area contributed by atoms with Crippen LogP contribution in [0.5, 0.6) is 0 Å². The molecule has 2 rings (SSSR count). The lowest BCUT2D eigenvalue weighted by atomic mass is 10.1. The van der Waals surface area contributed by atoms with Gasteiger partial charge in [0.1, 0.15) is 0 Å². The third-order valence-corrected chi connectivity index (χ3v) is 3.27. The molecule has 1 aliphatic heterocycles. The molecule has 1 heterocycles. The summed E-state index contributed by atoms with van der Waals surface area (Å²) in [6, 6.07) is 5.77. The van der Waals surface area contributed by atoms with Crippen LogP contribution in [0.25, 0.3) is 0 Å². The standard InChI is InChI=1S/C10H8O2S/c1-6-3-2-4-7-5-8(11)10(12)13-9(6)7/h2-4H,5H2,1H3. The van der Waals surface area contributed by atoms with Gasteiger partial charge in [-0.15, -0.1) is 0 Å². The molecule has 0 radical (unpaired) electrons. The fourth-order valence-electron chi connectivity index (χ4n) is 1.39. The number of carbonyl (C=O) groups is 2. The third kappa shape index (κ3) is 1.40. The Morgan fingerprint density at radius 1 is 1.31 bits per heavy atom. The van der Waals surface area contributed by atoms with Crippen LogP contribution in [-0.4, -0.2) is 10.9 Å². The van der Waals surface area contributed by atoms with Gasteiger partial charge >= 0.3 is 0 Å². The van der Waals surface area contributed by atoms with Crippen LogP contribution >= 0.6 is 11.8 Å². The summed E-state index contributed by atoms with van der Waals surface area (Å²) >= 11 is 1.06. The van der Waals surface area contributed by atoms with Gasteiger partial charge in [-0.2, -0.15) is 0 Å². The number of Topliss-reactive ketones (excluding diaryl/α,β-unsaturated/α-hetero) is 1. The van der Waals surface area contributed by atoms with Crippen LogP contribution in [0.3, 0.4) is 0 Å². The van der Waals surface area contributed by atoms with Crippen LogP contribution in [0.4, 0.5) is 0 Å². The van der Waals surface area contributed by atoms with Gasteiger partial charge in [-0.05, 0) is 29.8 Å². The fraction of sp³-hybridized carbons (Fsp3) is 0.200. The monoisotopic (exact) mass is 192 g/mol. The van der Waals surface area contributed by atoms with Crippen molar-refractivity contribution in [2.45, 2.75) is 18.2 Å². The lowest BCUT2D eigenvalue weighted by Gasteiger charge is -2.14. The highest BCUT2D eigenvalue weighted by Crippen LogP contribution is 2.31. The van der Waals surface area contributed by atoms with E-state index >= 15 is 0 Å². The van der Waals surface area contributed by atoms with Crippen molar-refractivity contribution >= 4 is 22.7 Å². The number of thioether (sulfide) groups is 1. The first-order valence-electron chi connectivity index (χ1n) is 4.02. The second kappa shape index (κ2) is 3.00.